The second-order valence-electron chi connectivity index (χ2n) is 5.97. The molecule has 0 saturated heterocycles. The molecule has 136 valence electrons. The van der Waals surface area contributed by atoms with Crippen LogP contribution in [0.2, 0.25) is 0 Å². The number of anilines is 1. The molecule has 1 aromatic heterocycles. The maximum absolute atomic E-state index is 12.5. The highest BCUT2D eigenvalue weighted by molar-refractivity contribution is 8.00. The van der Waals surface area contributed by atoms with E-state index < -0.39 is 0 Å². The fourth-order valence-corrected chi connectivity index (χ4v) is 3.24. The lowest BCUT2D eigenvalue weighted by Crippen LogP contribution is -2.23. The molecule has 0 spiro atoms. The third kappa shape index (κ3) is 5.49. The van der Waals surface area contributed by atoms with Crippen molar-refractivity contribution in [3.63, 3.8) is 0 Å². The van der Waals surface area contributed by atoms with Gasteiger partial charge in [-0.3, -0.25) is 4.79 Å². The normalized spacial score (nSPS) is 12.0. The van der Waals surface area contributed by atoms with Gasteiger partial charge in [0, 0.05) is 6.54 Å². The Morgan fingerprint density at radius 3 is 2.92 bits per heavy atom. The number of thioether (sulfide) groups is 1. The summed E-state index contributed by atoms with van der Waals surface area (Å²) in [7, 11) is 1.59. The van der Waals surface area contributed by atoms with Gasteiger partial charge in [-0.05, 0) is 38.0 Å². The number of unbranched alkanes of at least 4 members (excludes halogenated alkanes) is 2. The standard InChI is InChI=1S/C18H26N4O2S/c1-5-6-7-10-22-12-19-21-18(22)25-14(3)17(23)20-15-11-13(2)8-9-16(15)24-4/h8-9,11-12,14H,5-7,10H2,1-4H3,(H,20,23)/t14-/m1/s1. The smallest absolute Gasteiger partial charge is 0.237 e. The number of rotatable bonds is 9. The van der Waals surface area contributed by atoms with Crippen LogP contribution in [0.3, 0.4) is 0 Å². The minimum Gasteiger partial charge on any atom is -0.495 e. The van der Waals surface area contributed by atoms with Gasteiger partial charge in [-0.2, -0.15) is 0 Å². The predicted molar refractivity (Wildman–Crippen MR) is 101 cm³/mol. The summed E-state index contributed by atoms with van der Waals surface area (Å²) >= 11 is 1.42. The topological polar surface area (TPSA) is 69.0 Å². The number of nitrogens with one attached hydrogen (secondary N) is 1. The van der Waals surface area contributed by atoms with Crippen LogP contribution in [-0.2, 0) is 11.3 Å². The Hall–Kier alpha value is -2.02. The average Bonchev–Trinajstić information content (AvgIpc) is 3.02. The number of hydrogen-bond acceptors (Lipinski definition) is 5. The van der Waals surface area contributed by atoms with Gasteiger partial charge in [0.25, 0.3) is 0 Å². The summed E-state index contributed by atoms with van der Waals surface area (Å²) < 4.78 is 7.32. The van der Waals surface area contributed by atoms with Crippen molar-refractivity contribution in [1.29, 1.82) is 0 Å². The molecular formula is C18H26N4O2S. The van der Waals surface area contributed by atoms with Gasteiger partial charge in [-0.1, -0.05) is 37.6 Å². The number of benzene rings is 1. The van der Waals surface area contributed by atoms with Crippen LogP contribution in [0.4, 0.5) is 5.69 Å². The van der Waals surface area contributed by atoms with Crippen molar-refractivity contribution < 1.29 is 9.53 Å². The van der Waals surface area contributed by atoms with E-state index in [2.05, 4.69) is 22.4 Å². The first-order valence-corrected chi connectivity index (χ1v) is 9.43. The van der Waals surface area contributed by atoms with Crippen molar-refractivity contribution in [1.82, 2.24) is 14.8 Å². The third-order valence-corrected chi connectivity index (χ3v) is 4.94. The maximum Gasteiger partial charge on any atom is 0.237 e. The fourth-order valence-electron chi connectivity index (χ4n) is 2.39. The summed E-state index contributed by atoms with van der Waals surface area (Å²) in [6.45, 7) is 6.90. The van der Waals surface area contributed by atoms with Gasteiger partial charge in [-0.15, -0.1) is 10.2 Å². The molecule has 2 aromatic rings. The van der Waals surface area contributed by atoms with E-state index in [9.17, 15) is 4.79 Å². The molecule has 0 saturated carbocycles. The molecule has 0 aliphatic carbocycles. The highest BCUT2D eigenvalue weighted by Gasteiger charge is 2.19. The number of aromatic nitrogens is 3. The van der Waals surface area contributed by atoms with Crippen LogP contribution in [0.5, 0.6) is 5.75 Å². The van der Waals surface area contributed by atoms with Gasteiger partial charge in [0.15, 0.2) is 5.16 Å². The van der Waals surface area contributed by atoms with E-state index in [4.69, 9.17) is 4.74 Å². The first-order chi connectivity index (χ1) is 12.0. The largest absolute Gasteiger partial charge is 0.495 e. The van der Waals surface area contributed by atoms with Crippen LogP contribution < -0.4 is 10.1 Å². The summed E-state index contributed by atoms with van der Waals surface area (Å²) in [5.74, 6) is 0.566. The number of carbonyl (C=O) groups is 1. The van der Waals surface area contributed by atoms with Crippen molar-refractivity contribution in [2.75, 3.05) is 12.4 Å². The van der Waals surface area contributed by atoms with Crippen LogP contribution in [0.25, 0.3) is 0 Å². The first kappa shape index (κ1) is 19.3. The quantitative estimate of drug-likeness (QED) is 0.541. The van der Waals surface area contributed by atoms with E-state index in [1.807, 2.05) is 36.6 Å². The lowest BCUT2D eigenvalue weighted by Gasteiger charge is -2.15. The number of aryl methyl sites for hydroxylation is 2. The summed E-state index contributed by atoms with van der Waals surface area (Å²) in [5, 5.41) is 11.5. The fraction of sp³-hybridized carbons (Fsp3) is 0.500. The number of methoxy groups -OCH3 is 1. The lowest BCUT2D eigenvalue weighted by molar-refractivity contribution is -0.115. The van der Waals surface area contributed by atoms with Crippen LogP contribution in [-0.4, -0.2) is 33.0 Å². The van der Waals surface area contributed by atoms with Crippen LogP contribution in [0.1, 0.15) is 38.7 Å². The van der Waals surface area contributed by atoms with Gasteiger partial charge >= 0.3 is 0 Å². The molecular weight excluding hydrogens is 336 g/mol. The molecule has 0 aliphatic heterocycles. The Kier molecular flexibility index (Phi) is 7.31. The van der Waals surface area contributed by atoms with Gasteiger partial charge in [-0.25, -0.2) is 0 Å². The Labute approximate surface area is 153 Å². The van der Waals surface area contributed by atoms with Gasteiger partial charge in [0.2, 0.25) is 5.91 Å². The number of ether oxygens (including phenoxy) is 1. The van der Waals surface area contributed by atoms with E-state index in [0.717, 1.165) is 23.7 Å². The summed E-state index contributed by atoms with van der Waals surface area (Å²) in [5.41, 5.74) is 1.75. The molecule has 0 fully saturated rings. The molecule has 2 rings (SSSR count). The van der Waals surface area contributed by atoms with Gasteiger partial charge < -0.3 is 14.6 Å². The number of carbonyl (C=O) groups excluding carboxylic acids is 1. The molecule has 1 N–H and O–H groups in total. The van der Waals surface area contributed by atoms with Crippen LogP contribution in [0.15, 0.2) is 29.7 Å². The van der Waals surface area contributed by atoms with Crippen molar-refractivity contribution in [3.8, 4) is 5.75 Å². The lowest BCUT2D eigenvalue weighted by atomic mass is 10.2. The predicted octanol–water partition coefficient (Wildman–Crippen LogP) is 3.90. The van der Waals surface area contributed by atoms with E-state index in [-0.39, 0.29) is 11.2 Å². The molecule has 0 aliphatic rings. The molecule has 25 heavy (non-hydrogen) atoms. The summed E-state index contributed by atoms with van der Waals surface area (Å²) in [6, 6.07) is 5.71. The van der Waals surface area contributed by atoms with E-state index >= 15 is 0 Å². The van der Waals surface area contributed by atoms with E-state index in [1.54, 1.807) is 13.4 Å². The van der Waals surface area contributed by atoms with E-state index in [1.165, 1.54) is 24.6 Å². The summed E-state index contributed by atoms with van der Waals surface area (Å²) in [6.07, 6.45) is 5.16. The van der Waals surface area contributed by atoms with Crippen molar-refractivity contribution in [3.05, 3.63) is 30.1 Å². The second kappa shape index (κ2) is 9.46. The van der Waals surface area contributed by atoms with Crippen LogP contribution in [0, 0.1) is 6.92 Å². The maximum atomic E-state index is 12.5. The zero-order valence-electron chi connectivity index (χ0n) is 15.3. The zero-order chi connectivity index (χ0) is 18.2. The number of nitrogens with zero attached hydrogens (tertiary/aromatic N) is 3. The molecule has 1 amide bonds. The minimum atomic E-state index is -0.292. The number of hydrogen-bond donors (Lipinski definition) is 1. The Morgan fingerprint density at radius 1 is 1.40 bits per heavy atom. The molecule has 1 atom stereocenters. The minimum absolute atomic E-state index is 0.0861. The average molecular weight is 362 g/mol. The highest BCUT2D eigenvalue weighted by atomic mass is 32.2. The SMILES string of the molecule is CCCCCn1cnnc1S[C@H](C)C(=O)Nc1cc(C)ccc1OC. The Balaban J connectivity index is 1.99. The second-order valence-corrected chi connectivity index (χ2v) is 7.28. The third-order valence-electron chi connectivity index (χ3n) is 3.85. The molecule has 0 radical (unpaired) electrons. The molecule has 1 heterocycles. The monoisotopic (exact) mass is 362 g/mol. The molecule has 1 aromatic carbocycles. The molecule has 6 nitrogen and oxygen atoms in total. The molecule has 0 unspecified atom stereocenters. The summed E-state index contributed by atoms with van der Waals surface area (Å²) in [4.78, 5) is 12.5. The van der Waals surface area contributed by atoms with Gasteiger partial charge in [0.1, 0.15) is 12.1 Å². The van der Waals surface area contributed by atoms with Gasteiger partial charge in [0.05, 0.1) is 18.0 Å². The Morgan fingerprint density at radius 2 is 2.20 bits per heavy atom. The highest BCUT2D eigenvalue weighted by Crippen LogP contribution is 2.27. The number of amides is 1. The Bertz CT molecular complexity index is 702. The van der Waals surface area contributed by atoms with Crippen molar-refractivity contribution in [2.24, 2.45) is 0 Å². The van der Waals surface area contributed by atoms with E-state index in [0.29, 0.717) is 11.4 Å². The van der Waals surface area contributed by atoms with Crippen LogP contribution >= 0.6 is 11.8 Å². The zero-order valence-corrected chi connectivity index (χ0v) is 16.1. The van der Waals surface area contributed by atoms with Crippen molar-refractivity contribution in [2.45, 2.75) is 57.0 Å². The van der Waals surface area contributed by atoms with Crippen molar-refractivity contribution >= 4 is 23.4 Å². The first-order valence-electron chi connectivity index (χ1n) is 8.55. The molecule has 0 bridgehead atoms. The molecule has 7 heteroatoms.